The van der Waals surface area contributed by atoms with Crippen LogP contribution in [0.3, 0.4) is 0 Å². The lowest BCUT2D eigenvalue weighted by molar-refractivity contribution is -0.123. The number of fused-ring (bicyclic) bond motifs is 1. The summed E-state index contributed by atoms with van der Waals surface area (Å²) in [6.45, 7) is 3.67. The summed E-state index contributed by atoms with van der Waals surface area (Å²) in [6, 6.07) is 10.2. The summed E-state index contributed by atoms with van der Waals surface area (Å²) < 4.78 is 2.04. The number of hydrogen-bond acceptors (Lipinski definition) is 2. The van der Waals surface area contributed by atoms with E-state index in [4.69, 9.17) is 0 Å². The van der Waals surface area contributed by atoms with Gasteiger partial charge in [0.15, 0.2) is 0 Å². The maximum absolute atomic E-state index is 11.4. The van der Waals surface area contributed by atoms with Crippen molar-refractivity contribution in [1.29, 1.82) is 0 Å². The molecule has 1 N–H and O–H groups in total. The number of benzene rings is 1. The van der Waals surface area contributed by atoms with Crippen LogP contribution in [0.5, 0.6) is 0 Å². The Labute approximate surface area is 106 Å². The van der Waals surface area contributed by atoms with Crippen molar-refractivity contribution in [1.82, 2.24) is 9.99 Å². The first-order valence-electron chi connectivity index (χ1n) is 5.97. The van der Waals surface area contributed by atoms with Gasteiger partial charge in [-0.1, -0.05) is 32.0 Å². The lowest BCUT2D eigenvalue weighted by Crippen LogP contribution is -2.22. The van der Waals surface area contributed by atoms with Gasteiger partial charge in [0.1, 0.15) is 0 Å². The zero-order valence-corrected chi connectivity index (χ0v) is 10.8. The summed E-state index contributed by atoms with van der Waals surface area (Å²) in [4.78, 5) is 11.4. The van der Waals surface area contributed by atoms with Crippen LogP contribution in [-0.2, 0) is 11.8 Å². The number of amides is 1. The molecule has 0 aliphatic heterocycles. The maximum atomic E-state index is 11.4. The Balaban J connectivity index is 2.19. The van der Waals surface area contributed by atoms with Gasteiger partial charge in [0.2, 0.25) is 5.91 Å². The minimum absolute atomic E-state index is 0.0605. The van der Waals surface area contributed by atoms with Crippen LogP contribution in [-0.4, -0.2) is 16.7 Å². The van der Waals surface area contributed by atoms with Gasteiger partial charge in [-0.05, 0) is 12.1 Å². The zero-order chi connectivity index (χ0) is 13.1. The Hall–Kier alpha value is -2.10. The molecule has 0 atom stereocenters. The largest absolute Gasteiger partial charge is 0.343 e. The van der Waals surface area contributed by atoms with Gasteiger partial charge < -0.3 is 4.57 Å². The van der Waals surface area contributed by atoms with Crippen molar-refractivity contribution in [3.8, 4) is 0 Å². The molecule has 2 rings (SSSR count). The fraction of sp³-hybridized carbons (Fsp3) is 0.286. The average molecular weight is 243 g/mol. The first-order chi connectivity index (χ1) is 8.59. The maximum Gasteiger partial charge on any atom is 0.242 e. The molecular weight excluding hydrogens is 226 g/mol. The summed E-state index contributed by atoms with van der Waals surface area (Å²) in [5.41, 5.74) is 4.63. The number of aryl methyl sites for hydroxylation is 1. The molecule has 0 aliphatic rings. The van der Waals surface area contributed by atoms with E-state index in [0.717, 1.165) is 16.6 Å². The van der Waals surface area contributed by atoms with E-state index in [1.165, 1.54) is 0 Å². The molecule has 94 valence electrons. The van der Waals surface area contributed by atoms with E-state index in [0.29, 0.717) is 0 Å². The molecule has 0 saturated carbocycles. The molecule has 1 aromatic carbocycles. The highest BCUT2D eigenvalue weighted by Crippen LogP contribution is 2.16. The zero-order valence-electron chi connectivity index (χ0n) is 10.8. The highest BCUT2D eigenvalue weighted by Gasteiger charge is 2.05. The molecule has 1 amide bonds. The molecule has 1 aromatic heterocycles. The van der Waals surface area contributed by atoms with E-state index < -0.39 is 0 Å². The molecule has 0 spiro atoms. The van der Waals surface area contributed by atoms with Crippen molar-refractivity contribution in [2.45, 2.75) is 13.8 Å². The van der Waals surface area contributed by atoms with Gasteiger partial charge in [0.25, 0.3) is 0 Å². The number of carbonyl (C=O) groups excluding carboxylic acids is 1. The predicted molar refractivity (Wildman–Crippen MR) is 73.5 cm³/mol. The van der Waals surface area contributed by atoms with E-state index in [-0.39, 0.29) is 11.8 Å². The number of rotatable bonds is 3. The smallest absolute Gasteiger partial charge is 0.242 e. The van der Waals surface area contributed by atoms with E-state index in [9.17, 15) is 4.79 Å². The number of aromatic nitrogens is 1. The number of nitrogens with zero attached hydrogens (tertiary/aromatic N) is 2. The van der Waals surface area contributed by atoms with Crippen molar-refractivity contribution >= 4 is 23.0 Å². The molecule has 0 unspecified atom stereocenters. The predicted octanol–water partition coefficient (Wildman–Crippen LogP) is 2.28. The van der Waals surface area contributed by atoms with Crippen molar-refractivity contribution in [3.63, 3.8) is 0 Å². The van der Waals surface area contributed by atoms with E-state index >= 15 is 0 Å². The monoisotopic (exact) mass is 243 g/mol. The van der Waals surface area contributed by atoms with Gasteiger partial charge in [-0.25, -0.2) is 5.43 Å². The van der Waals surface area contributed by atoms with Crippen LogP contribution in [0.25, 0.3) is 10.9 Å². The van der Waals surface area contributed by atoms with Crippen LogP contribution >= 0.6 is 0 Å². The molecular formula is C14H17N3O. The quantitative estimate of drug-likeness (QED) is 0.652. The van der Waals surface area contributed by atoms with Crippen LogP contribution in [0.15, 0.2) is 35.4 Å². The van der Waals surface area contributed by atoms with Crippen LogP contribution in [0.4, 0.5) is 0 Å². The van der Waals surface area contributed by atoms with E-state index in [2.05, 4.69) is 22.7 Å². The second-order valence-electron chi connectivity index (χ2n) is 4.58. The van der Waals surface area contributed by atoms with Crippen molar-refractivity contribution < 1.29 is 4.79 Å². The Morgan fingerprint density at radius 1 is 1.39 bits per heavy atom. The normalized spacial score (nSPS) is 11.6. The average Bonchev–Trinajstić information content (AvgIpc) is 2.67. The third-order valence-corrected chi connectivity index (χ3v) is 2.88. The lowest BCUT2D eigenvalue weighted by atomic mass is 10.2. The second-order valence-corrected chi connectivity index (χ2v) is 4.58. The molecule has 0 aliphatic carbocycles. The highest BCUT2D eigenvalue weighted by molar-refractivity contribution is 5.91. The molecule has 1 heterocycles. The SMILES string of the molecule is CC(C)C(=O)NN=Cc1cc2ccccc2n1C. The van der Waals surface area contributed by atoms with Crippen molar-refractivity contribution in [2.24, 2.45) is 18.1 Å². The molecule has 4 nitrogen and oxygen atoms in total. The molecule has 0 fully saturated rings. The number of hydrazone groups is 1. The Bertz CT molecular complexity index is 596. The van der Waals surface area contributed by atoms with Crippen molar-refractivity contribution in [2.75, 3.05) is 0 Å². The van der Waals surface area contributed by atoms with Gasteiger partial charge >= 0.3 is 0 Å². The molecule has 2 aromatic rings. The molecule has 18 heavy (non-hydrogen) atoms. The third-order valence-electron chi connectivity index (χ3n) is 2.88. The standard InChI is InChI=1S/C14H17N3O/c1-10(2)14(18)16-15-9-12-8-11-6-4-5-7-13(11)17(12)3/h4-10H,1-3H3,(H,16,18). The molecule has 0 radical (unpaired) electrons. The summed E-state index contributed by atoms with van der Waals surface area (Å²) >= 11 is 0. The first-order valence-corrected chi connectivity index (χ1v) is 5.97. The number of para-hydroxylation sites is 1. The number of hydrogen-bond donors (Lipinski definition) is 1. The second kappa shape index (κ2) is 5.04. The molecule has 0 bridgehead atoms. The summed E-state index contributed by atoms with van der Waals surface area (Å²) in [5, 5.41) is 5.14. The summed E-state index contributed by atoms with van der Waals surface area (Å²) in [7, 11) is 1.98. The van der Waals surface area contributed by atoms with Gasteiger partial charge in [-0.2, -0.15) is 5.10 Å². The Morgan fingerprint density at radius 2 is 2.11 bits per heavy atom. The van der Waals surface area contributed by atoms with Crippen LogP contribution < -0.4 is 5.43 Å². The molecule has 0 saturated heterocycles. The fourth-order valence-corrected chi connectivity index (χ4v) is 1.73. The fourth-order valence-electron chi connectivity index (χ4n) is 1.73. The van der Waals surface area contributed by atoms with Gasteiger partial charge in [0.05, 0.1) is 11.9 Å². The van der Waals surface area contributed by atoms with Crippen LogP contribution in [0.1, 0.15) is 19.5 Å². The first kappa shape index (κ1) is 12.4. The number of nitrogens with one attached hydrogen (secondary N) is 1. The highest BCUT2D eigenvalue weighted by atomic mass is 16.2. The molecule has 4 heteroatoms. The Morgan fingerprint density at radius 3 is 2.78 bits per heavy atom. The summed E-state index contributed by atoms with van der Waals surface area (Å²) in [6.07, 6.45) is 1.67. The van der Waals surface area contributed by atoms with Crippen LogP contribution in [0, 0.1) is 5.92 Å². The number of carbonyl (C=O) groups is 1. The minimum Gasteiger partial charge on any atom is -0.343 e. The van der Waals surface area contributed by atoms with Crippen molar-refractivity contribution in [3.05, 3.63) is 36.0 Å². The van der Waals surface area contributed by atoms with Gasteiger partial charge in [-0.15, -0.1) is 0 Å². The minimum atomic E-state index is -0.0787. The van der Waals surface area contributed by atoms with Gasteiger partial charge in [-0.3, -0.25) is 4.79 Å². The van der Waals surface area contributed by atoms with E-state index in [1.54, 1.807) is 6.21 Å². The van der Waals surface area contributed by atoms with Crippen LogP contribution in [0.2, 0.25) is 0 Å². The third kappa shape index (κ3) is 2.42. The topological polar surface area (TPSA) is 46.4 Å². The van der Waals surface area contributed by atoms with E-state index in [1.807, 2.05) is 43.7 Å². The summed E-state index contributed by atoms with van der Waals surface area (Å²) in [5.74, 6) is -0.139. The van der Waals surface area contributed by atoms with Gasteiger partial charge in [0, 0.05) is 23.9 Å². The lowest BCUT2D eigenvalue weighted by Gasteiger charge is -2.02. The Kier molecular flexibility index (Phi) is 3.46.